The summed E-state index contributed by atoms with van der Waals surface area (Å²) in [5.41, 5.74) is 1.37. The molecule has 1 aromatic carbocycles. The van der Waals surface area contributed by atoms with E-state index < -0.39 is 12.5 Å². The zero-order valence-corrected chi connectivity index (χ0v) is 13.9. The summed E-state index contributed by atoms with van der Waals surface area (Å²) < 4.78 is 29.3. The third kappa shape index (κ3) is 3.97. The summed E-state index contributed by atoms with van der Waals surface area (Å²) in [4.78, 5) is 21.5. The van der Waals surface area contributed by atoms with Crippen LogP contribution in [-0.4, -0.2) is 22.5 Å². The number of halogens is 2. The molecular weight excluding hydrogens is 348 g/mol. The molecule has 1 N–H and O–H groups in total. The fraction of sp³-hybridized carbons (Fsp3) is 0.118. The van der Waals surface area contributed by atoms with Gasteiger partial charge in [-0.2, -0.15) is 8.78 Å². The van der Waals surface area contributed by atoms with Crippen LogP contribution in [0.1, 0.15) is 15.4 Å². The number of alkyl halides is 2. The third-order valence-corrected chi connectivity index (χ3v) is 4.42. The molecule has 0 saturated heterocycles. The molecule has 128 valence electrons. The van der Waals surface area contributed by atoms with Crippen molar-refractivity contribution in [3.05, 3.63) is 59.2 Å². The fourth-order valence-corrected chi connectivity index (χ4v) is 3.09. The van der Waals surface area contributed by atoms with Crippen molar-refractivity contribution in [1.29, 1.82) is 0 Å². The molecule has 0 radical (unpaired) electrons. The molecule has 0 fully saturated rings. The molecule has 0 spiro atoms. The zero-order chi connectivity index (χ0) is 17.8. The maximum Gasteiger partial charge on any atom is 0.387 e. The van der Waals surface area contributed by atoms with E-state index in [4.69, 9.17) is 0 Å². The van der Waals surface area contributed by atoms with Gasteiger partial charge in [-0.25, -0.2) is 4.98 Å². The molecule has 0 bridgehead atoms. The number of anilines is 1. The Kier molecular flexibility index (Phi) is 4.99. The van der Waals surface area contributed by atoms with E-state index in [0.29, 0.717) is 21.3 Å². The van der Waals surface area contributed by atoms with E-state index in [0.717, 1.165) is 0 Å². The Morgan fingerprint density at radius 3 is 2.68 bits per heavy atom. The van der Waals surface area contributed by atoms with Gasteiger partial charge in [0.2, 0.25) is 0 Å². The van der Waals surface area contributed by atoms with Crippen molar-refractivity contribution in [1.82, 2.24) is 9.97 Å². The summed E-state index contributed by atoms with van der Waals surface area (Å²) in [6, 6.07) is 11.4. The number of pyridine rings is 1. The van der Waals surface area contributed by atoms with Gasteiger partial charge in [-0.1, -0.05) is 18.2 Å². The fourth-order valence-electron chi connectivity index (χ4n) is 2.15. The second-order valence-electron chi connectivity index (χ2n) is 4.98. The number of hydrogen-bond donors (Lipinski definition) is 1. The van der Waals surface area contributed by atoms with Crippen molar-refractivity contribution in [2.45, 2.75) is 13.5 Å². The molecule has 1 amide bonds. The van der Waals surface area contributed by atoms with Crippen LogP contribution in [0.25, 0.3) is 10.7 Å². The smallest absolute Gasteiger partial charge is 0.387 e. The number of carbonyl (C=O) groups excluding carboxylic acids is 1. The number of aryl methyl sites for hydroxylation is 1. The van der Waals surface area contributed by atoms with Gasteiger partial charge in [-0.15, -0.1) is 11.3 Å². The van der Waals surface area contributed by atoms with Crippen molar-refractivity contribution in [2.75, 3.05) is 5.32 Å². The monoisotopic (exact) mass is 361 g/mol. The summed E-state index contributed by atoms with van der Waals surface area (Å²) in [5, 5.41) is 3.20. The molecule has 0 aliphatic rings. The molecule has 8 heteroatoms. The molecule has 3 rings (SSSR count). The van der Waals surface area contributed by atoms with Crippen LogP contribution in [0.5, 0.6) is 5.75 Å². The van der Waals surface area contributed by atoms with Crippen molar-refractivity contribution in [2.24, 2.45) is 0 Å². The number of rotatable bonds is 5. The van der Waals surface area contributed by atoms with Gasteiger partial charge in [0.1, 0.15) is 15.6 Å². The van der Waals surface area contributed by atoms with Crippen LogP contribution in [-0.2, 0) is 0 Å². The molecular formula is C17H13F2N3O2S. The maximum atomic E-state index is 12.5. The Morgan fingerprint density at radius 2 is 1.96 bits per heavy atom. The van der Waals surface area contributed by atoms with Gasteiger partial charge < -0.3 is 10.1 Å². The van der Waals surface area contributed by atoms with Crippen LogP contribution >= 0.6 is 11.3 Å². The van der Waals surface area contributed by atoms with Gasteiger partial charge in [0.15, 0.2) is 0 Å². The van der Waals surface area contributed by atoms with Crippen molar-refractivity contribution < 1.29 is 18.3 Å². The number of ether oxygens (including phenoxy) is 1. The van der Waals surface area contributed by atoms with E-state index in [2.05, 4.69) is 20.0 Å². The SMILES string of the molecule is Cc1nc(-c2ccccn2)sc1C(=O)Nc1ccccc1OC(F)F. The lowest BCUT2D eigenvalue weighted by atomic mass is 10.2. The number of thiazole rings is 1. The minimum atomic E-state index is -2.97. The Hall–Kier alpha value is -2.87. The molecule has 2 aromatic heterocycles. The molecule has 0 unspecified atom stereocenters. The first-order chi connectivity index (χ1) is 12.0. The van der Waals surface area contributed by atoms with E-state index in [1.165, 1.54) is 23.5 Å². The van der Waals surface area contributed by atoms with Crippen LogP contribution in [0.4, 0.5) is 14.5 Å². The highest BCUT2D eigenvalue weighted by atomic mass is 32.1. The van der Waals surface area contributed by atoms with Crippen LogP contribution in [0.2, 0.25) is 0 Å². The van der Waals surface area contributed by atoms with E-state index in [-0.39, 0.29) is 11.4 Å². The largest absolute Gasteiger partial charge is 0.433 e. The predicted octanol–water partition coefficient (Wildman–Crippen LogP) is 4.37. The maximum absolute atomic E-state index is 12.5. The first-order valence-electron chi connectivity index (χ1n) is 7.28. The highest BCUT2D eigenvalue weighted by molar-refractivity contribution is 7.17. The number of nitrogens with zero attached hydrogens (tertiary/aromatic N) is 2. The first-order valence-corrected chi connectivity index (χ1v) is 8.10. The number of carbonyl (C=O) groups is 1. The van der Waals surface area contributed by atoms with E-state index in [1.807, 2.05) is 6.07 Å². The lowest BCUT2D eigenvalue weighted by Crippen LogP contribution is -2.13. The van der Waals surface area contributed by atoms with Crippen LogP contribution in [0, 0.1) is 6.92 Å². The minimum absolute atomic E-state index is 0.0991. The van der Waals surface area contributed by atoms with Gasteiger partial charge in [0.25, 0.3) is 5.91 Å². The number of para-hydroxylation sites is 2. The third-order valence-electron chi connectivity index (χ3n) is 3.24. The Labute approximate surface area is 146 Å². The first kappa shape index (κ1) is 17.0. The van der Waals surface area contributed by atoms with Gasteiger partial charge in [0.05, 0.1) is 17.1 Å². The predicted molar refractivity (Wildman–Crippen MR) is 91.1 cm³/mol. The van der Waals surface area contributed by atoms with Gasteiger partial charge in [-0.05, 0) is 31.2 Å². The summed E-state index contributed by atoms with van der Waals surface area (Å²) in [6.07, 6.45) is 1.64. The minimum Gasteiger partial charge on any atom is -0.433 e. The molecule has 25 heavy (non-hydrogen) atoms. The van der Waals surface area contributed by atoms with Crippen LogP contribution < -0.4 is 10.1 Å². The van der Waals surface area contributed by atoms with E-state index >= 15 is 0 Å². The van der Waals surface area contributed by atoms with Gasteiger partial charge >= 0.3 is 6.61 Å². The number of hydrogen-bond acceptors (Lipinski definition) is 5. The van der Waals surface area contributed by atoms with Crippen molar-refractivity contribution >= 4 is 22.9 Å². The lowest BCUT2D eigenvalue weighted by Gasteiger charge is -2.11. The molecule has 0 aliphatic heterocycles. The van der Waals surface area contributed by atoms with Crippen molar-refractivity contribution in [3.63, 3.8) is 0 Å². The quantitative estimate of drug-likeness (QED) is 0.733. The summed E-state index contributed by atoms with van der Waals surface area (Å²) in [6.45, 7) is -1.27. The normalized spacial score (nSPS) is 10.7. The molecule has 2 heterocycles. The van der Waals surface area contributed by atoms with E-state index in [1.54, 1.807) is 37.4 Å². The molecule has 3 aromatic rings. The van der Waals surface area contributed by atoms with E-state index in [9.17, 15) is 13.6 Å². The van der Waals surface area contributed by atoms with Gasteiger partial charge in [-0.3, -0.25) is 9.78 Å². The standard InChI is InChI=1S/C17H13F2N3O2S/c1-10-14(25-16(21-10)12-7-4-5-9-20-12)15(23)22-11-6-2-3-8-13(11)24-17(18)19/h2-9,17H,1H3,(H,22,23). The Morgan fingerprint density at radius 1 is 1.20 bits per heavy atom. The number of amides is 1. The lowest BCUT2D eigenvalue weighted by molar-refractivity contribution is -0.0493. The average molecular weight is 361 g/mol. The Bertz CT molecular complexity index is 885. The molecule has 5 nitrogen and oxygen atoms in total. The van der Waals surface area contributed by atoms with Crippen LogP contribution in [0.15, 0.2) is 48.7 Å². The van der Waals surface area contributed by atoms with Gasteiger partial charge in [0, 0.05) is 6.20 Å². The highest BCUT2D eigenvalue weighted by Crippen LogP contribution is 2.29. The zero-order valence-electron chi connectivity index (χ0n) is 13.1. The average Bonchev–Trinajstić information content (AvgIpc) is 2.99. The topological polar surface area (TPSA) is 64.1 Å². The number of benzene rings is 1. The molecule has 0 atom stereocenters. The number of nitrogens with one attached hydrogen (secondary N) is 1. The second kappa shape index (κ2) is 7.35. The van der Waals surface area contributed by atoms with Crippen molar-refractivity contribution in [3.8, 4) is 16.5 Å². The molecule has 0 saturated carbocycles. The molecule has 0 aliphatic carbocycles. The summed E-state index contributed by atoms with van der Waals surface area (Å²) in [7, 11) is 0. The summed E-state index contributed by atoms with van der Waals surface area (Å²) in [5.74, 6) is -0.541. The van der Waals surface area contributed by atoms with Crippen LogP contribution in [0.3, 0.4) is 0 Å². The summed E-state index contributed by atoms with van der Waals surface area (Å²) >= 11 is 1.19. The Balaban J connectivity index is 1.84. The number of aromatic nitrogens is 2. The second-order valence-corrected chi connectivity index (χ2v) is 5.98. The highest BCUT2D eigenvalue weighted by Gasteiger charge is 2.18.